The Bertz CT molecular complexity index is 532. The minimum Gasteiger partial charge on any atom is -0.356 e. The van der Waals surface area contributed by atoms with E-state index in [0.717, 1.165) is 30.4 Å². The Morgan fingerprint density at radius 1 is 1.32 bits per heavy atom. The zero-order chi connectivity index (χ0) is 15.3. The highest BCUT2D eigenvalue weighted by Crippen LogP contribution is 2.24. The van der Waals surface area contributed by atoms with Crippen LogP contribution in [0.4, 0.5) is 0 Å². The molecule has 0 atom stereocenters. The molecule has 22 heavy (non-hydrogen) atoms. The molecule has 0 fully saturated rings. The number of rotatable bonds is 4. The fraction of sp³-hybridized carbons (Fsp3) is 0.471. The van der Waals surface area contributed by atoms with Gasteiger partial charge in [-0.3, -0.25) is 4.99 Å². The highest BCUT2D eigenvalue weighted by molar-refractivity contribution is 14.0. The van der Waals surface area contributed by atoms with Crippen LogP contribution in [0.3, 0.4) is 0 Å². The Morgan fingerprint density at radius 2 is 2.00 bits per heavy atom. The van der Waals surface area contributed by atoms with Crippen molar-refractivity contribution in [2.45, 2.75) is 38.1 Å². The Balaban J connectivity index is 0.00000242. The Labute approximate surface area is 155 Å². The minimum absolute atomic E-state index is 0. The third-order valence-corrected chi connectivity index (χ3v) is 4.11. The molecule has 2 rings (SSSR count). The van der Waals surface area contributed by atoms with Gasteiger partial charge in [-0.15, -0.1) is 24.0 Å². The number of benzene rings is 1. The number of guanidine groups is 1. The van der Waals surface area contributed by atoms with E-state index < -0.39 is 0 Å². The van der Waals surface area contributed by atoms with Crippen LogP contribution in [0.15, 0.2) is 41.4 Å². The first-order valence-electron chi connectivity index (χ1n) is 7.39. The Morgan fingerprint density at radius 3 is 2.59 bits per heavy atom. The first-order chi connectivity index (χ1) is 10.0. The second-order valence-corrected chi connectivity index (χ2v) is 6.54. The summed E-state index contributed by atoms with van der Waals surface area (Å²) in [6.07, 6.45) is 6.55. The third kappa shape index (κ3) is 5.47. The molecule has 0 bridgehead atoms. The lowest BCUT2D eigenvalue weighted by molar-refractivity contribution is 0.504. The van der Waals surface area contributed by atoms with Crippen LogP contribution in [0.1, 0.15) is 32.3 Å². The summed E-state index contributed by atoms with van der Waals surface area (Å²) >= 11 is 6.09. The maximum absolute atomic E-state index is 6.09. The zero-order valence-corrected chi connectivity index (χ0v) is 16.5. The van der Waals surface area contributed by atoms with E-state index in [1.54, 1.807) is 0 Å². The average molecular weight is 434 g/mol. The summed E-state index contributed by atoms with van der Waals surface area (Å²) in [7, 11) is 1.81. The van der Waals surface area contributed by atoms with Crippen molar-refractivity contribution >= 4 is 41.5 Å². The lowest BCUT2D eigenvalue weighted by Crippen LogP contribution is -2.46. The third-order valence-electron chi connectivity index (χ3n) is 3.88. The van der Waals surface area contributed by atoms with Gasteiger partial charge in [-0.2, -0.15) is 0 Å². The van der Waals surface area contributed by atoms with E-state index in [0.29, 0.717) is 6.04 Å². The van der Waals surface area contributed by atoms with Crippen LogP contribution < -0.4 is 10.6 Å². The van der Waals surface area contributed by atoms with Crippen molar-refractivity contribution in [1.29, 1.82) is 0 Å². The first kappa shape index (κ1) is 19.3. The van der Waals surface area contributed by atoms with Crippen LogP contribution in [0.5, 0.6) is 0 Å². The molecule has 0 saturated carbocycles. The molecule has 1 aliphatic rings. The van der Waals surface area contributed by atoms with Crippen LogP contribution in [0.25, 0.3) is 0 Å². The van der Waals surface area contributed by atoms with E-state index in [2.05, 4.69) is 47.7 Å². The second-order valence-electron chi connectivity index (χ2n) is 6.10. The van der Waals surface area contributed by atoms with Crippen LogP contribution in [-0.2, 0) is 5.41 Å². The molecule has 2 N–H and O–H groups in total. The summed E-state index contributed by atoms with van der Waals surface area (Å²) < 4.78 is 0. The average Bonchev–Trinajstić information content (AvgIpc) is 2.96. The molecule has 1 aromatic rings. The van der Waals surface area contributed by atoms with Crippen molar-refractivity contribution in [1.82, 2.24) is 10.6 Å². The van der Waals surface area contributed by atoms with Gasteiger partial charge < -0.3 is 10.6 Å². The largest absolute Gasteiger partial charge is 0.356 e. The van der Waals surface area contributed by atoms with Crippen molar-refractivity contribution in [3.63, 3.8) is 0 Å². The first-order valence-corrected chi connectivity index (χ1v) is 7.77. The van der Waals surface area contributed by atoms with Gasteiger partial charge in [-0.05, 0) is 30.5 Å². The molecule has 0 heterocycles. The predicted octanol–water partition coefficient (Wildman–Crippen LogP) is 4.12. The highest BCUT2D eigenvalue weighted by Gasteiger charge is 2.21. The topological polar surface area (TPSA) is 36.4 Å². The second kappa shape index (κ2) is 8.77. The molecular weight excluding hydrogens is 409 g/mol. The van der Waals surface area contributed by atoms with Gasteiger partial charge in [0.05, 0.1) is 0 Å². The zero-order valence-electron chi connectivity index (χ0n) is 13.4. The Kier molecular flexibility index (Phi) is 7.69. The van der Waals surface area contributed by atoms with Crippen molar-refractivity contribution < 1.29 is 0 Å². The van der Waals surface area contributed by atoms with Gasteiger partial charge in [-0.25, -0.2) is 0 Å². The molecule has 0 unspecified atom stereocenters. The Hall–Kier alpha value is -0.750. The lowest BCUT2D eigenvalue weighted by atomic mass is 9.84. The molecule has 0 spiro atoms. The fourth-order valence-electron chi connectivity index (χ4n) is 2.44. The number of aliphatic imine (C=N–C) groups is 1. The molecule has 5 heteroatoms. The SMILES string of the molecule is CN=C(NCC(C)(C)c1cccc(Cl)c1)NC1CC=CC1.I. The normalized spacial score (nSPS) is 15.5. The number of nitrogens with one attached hydrogen (secondary N) is 2. The van der Waals surface area contributed by atoms with Gasteiger partial charge in [0.1, 0.15) is 0 Å². The summed E-state index contributed by atoms with van der Waals surface area (Å²) in [6.45, 7) is 5.21. The van der Waals surface area contributed by atoms with E-state index in [1.807, 2.05) is 25.2 Å². The molecule has 0 aromatic heterocycles. The number of halogens is 2. The minimum atomic E-state index is -0.0174. The monoisotopic (exact) mass is 433 g/mol. The van der Waals surface area contributed by atoms with Crippen LogP contribution in [0, 0.1) is 0 Å². The van der Waals surface area contributed by atoms with Crippen molar-refractivity contribution in [3.8, 4) is 0 Å². The number of hydrogen-bond acceptors (Lipinski definition) is 1. The van der Waals surface area contributed by atoms with Crippen molar-refractivity contribution in [2.75, 3.05) is 13.6 Å². The highest BCUT2D eigenvalue weighted by atomic mass is 127. The van der Waals surface area contributed by atoms with Crippen molar-refractivity contribution in [2.24, 2.45) is 4.99 Å². The molecular formula is C17H25ClIN3. The van der Waals surface area contributed by atoms with E-state index in [-0.39, 0.29) is 29.4 Å². The van der Waals surface area contributed by atoms with E-state index >= 15 is 0 Å². The van der Waals surface area contributed by atoms with Gasteiger partial charge >= 0.3 is 0 Å². The quantitative estimate of drug-likeness (QED) is 0.324. The summed E-state index contributed by atoms with van der Waals surface area (Å²) in [5.74, 6) is 0.860. The molecule has 1 aliphatic carbocycles. The van der Waals surface area contributed by atoms with E-state index in [9.17, 15) is 0 Å². The maximum atomic E-state index is 6.09. The fourth-order valence-corrected chi connectivity index (χ4v) is 2.63. The number of nitrogens with zero attached hydrogens (tertiary/aromatic N) is 1. The van der Waals surface area contributed by atoms with Gasteiger partial charge in [-0.1, -0.05) is 49.7 Å². The molecule has 0 radical (unpaired) electrons. The van der Waals surface area contributed by atoms with Crippen LogP contribution in [-0.4, -0.2) is 25.6 Å². The summed E-state index contributed by atoms with van der Waals surface area (Å²) in [4.78, 5) is 4.31. The molecule has 3 nitrogen and oxygen atoms in total. The summed E-state index contributed by atoms with van der Waals surface area (Å²) in [5, 5.41) is 7.65. The lowest BCUT2D eigenvalue weighted by Gasteiger charge is -2.27. The van der Waals surface area contributed by atoms with Gasteiger partial charge in [0.15, 0.2) is 5.96 Å². The van der Waals surface area contributed by atoms with Crippen molar-refractivity contribution in [3.05, 3.63) is 47.0 Å². The summed E-state index contributed by atoms with van der Waals surface area (Å²) in [5.41, 5.74) is 1.21. The molecule has 0 saturated heterocycles. The van der Waals surface area contributed by atoms with Crippen LogP contribution in [0.2, 0.25) is 5.02 Å². The van der Waals surface area contributed by atoms with Gasteiger partial charge in [0, 0.05) is 30.1 Å². The maximum Gasteiger partial charge on any atom is 0.191 e. The molecule has 0 aliphatic heterocycles. The standard InChI is InChI=1S/C17H24ClN3.HI/c1-17(2,13-7-6-8-14(18)11-13)12-20-16(19-3)21-15-9-4-5-10-15;/h4-8,11,15H,9-10,12H2,1-3H3,(H2,19,20,21);1H. The van der Waals surface area contributed by atoms with E-state index in [1.165, 1.54) is 5.56 Å². The van der Waals surface area contributed by atoms with Crippen LogP contribution >= 0.6 is 35.6 Å². The van der Waals surface area contributed by atoms with E-state index in [4.69, 9.17) is 11.6 Å². The van der Waals surface area contributed by atoms with Gasteiger partial charge in [0.2, 0.25) is 0 Å². The predicted molar refractivity (Wildman–Crippen MR) is 107 cm³/mol. The molecule has 122 valence electrons. The summed E-state index contributed by atoms with van der Waals surface area (Å²) in [6, 6.07) is 8.51. The molecule has 1 aromatic carbocycles. The molecule has 0 amide bonds. The van der Waals surface area contributed by atoms with Gasteiger partial charge in [0.25, 0.3) is 0 Å². The smallest absolute Gasteiger partial charge is 0.191 e. The number of hydrogen-bond donors (Lipinski definition) is 2.